The van der Waals surface area contributed by atoms with Crippen LogP contribution in [-0.4, -0.2) is 0 Å². The van der Waals surface area contributed by atoms with Crippen molar-refractivity contribution in [2.75, 3.05) is 0 Å². The van der Waals surface area contributed by atoms with Crippen molar-refractivity contribution in [3.05, 3.63) is 0 Å². The third-order valence-electron chi connectivity index (χ3n) is 0. The second-order valence-corrected chi connectivity index (χ2v) is 0. The van der Waals surface area contributed by atoms with Gasteiger partial charge in [-0.05, 0) is 0 Å². The first-order valence-electron chi connectivity index (χ1n) is 0. The molecule has 0 aromatic rings. The molecule has 15 nitrogen and oxygen atoms in total. The summed E-state index contributed by atoms with van der Waals surface area (Å²) in [5.41, 5.74) is 0. The minimum atomic E-state index is 0. The van der Waals surface area contributed by atoms with Gasteiger partial charge in [0, 0.05) is 0 Å². The summed E-state index contributed by atoms with van der Waals surface area (Å²) in [5.74, 6) is 0. The van der Waals surface area contributed by atoms with E-state index in [2.05, 4.69) is 0 Å². The van der Waals surface area contributed by atoms with E-state index >= 15 is 0 Å². The van der Waals surface area contributed by atoms with Gasteiger partial charge in [-0.3, -0.25) is 0 Å². The van der Waals surface area contributed by atoms with Crippen molar-refractivity contribution in [2.24, 2.45) is 0 Å². The second kappa shape index (κ2) is 1410. The normalized spacial score (nSPS) is 0. The smallest absolute Gasteiger partial charge is 2.00 e. The topological polar surface area (TPSA) is 428 Å². The van der Waals surface area contributed by atoms with E-state index in [0.717, 1.165) is 0 Å². The van der Waals surface area contributed by atoms with Gasteiger partial charge in [0.25, 0.3) is 0 Å². The van der Waals surface area contributed by atoms with E-state index in [9.17, 15) is 0 Å². The van der Waals surface area contributed by atoms with Crippen LogP contribution in [0.5, 0.6) is 0 Å². The maximum absolute atomic E-state index is 0. The zero-order valence-electron chi connectivity index (χ0n) is 76.8. The van der Waals surface area contributed by atoms with Crippen LogP contribution in [0.2, 0.25) is 0 Å². The second-order valence-electron chi connectivity index (χ2n) is 0. The summed E-state index contributed by atoms with van der Waals surface area (Å²) in [4.78, 5) is 0. The van der Waals surface area contributed by atoms with Crippen LogP contribution in [0.25, 0.3) is 0 Å². The summed E-state index contributed by atoms with van der Waals surface area (Å²) >= 11 is 0. The molecule has 0 rings (SSSR count). The summed E-state index contributed by atoms with van der Waals surface area (Å²) in [5, 5.41) is 0. The molecule has 0 aliphatic heterocycles. The summed E-state index contributed by atoms with van der Waals surface area (Å²) in [6, 6.07) is 0. The van der Waals surface area contributed by atoms with Crippen LogP contribution in [0.1, 0.15) is 0 Å². The van der Waals surface area contributed by atoms with Crippen molar-refractivity contribution >= 4 is 0 Å². The first-order valence-corrected chi connectivity index (χ1v) is 0. The molecule has 0 aromatic heterocycles. The predicted molar refractivity (Wildman–Crippen MR) is 10.3 cm³/mol. The molecule has 115 heteroatoms. The van der Waals surface area contributed by atoms with Crippen LogP contribution >= 0.6 is 0 Å². The largest absolute Gasteiger partial charge is 2.00 e. The van der Waals surface area contributed by atoms with Gasteiger partial charge in [-0.1, -0.05) is 0 Å². The van der Waals surface area contributed by atoms with E-state index < -0.39 is 0 Å². The fourth-order valence-electron chi connectivity index (χ4n) is 0. The summed E-state index contributed by atoms with van der Waals surface area (Å²) in [6.07, 6.45) is 0. The summed E-state index contributed by atoms with van der Waals surface area (Å²) < 4.78 is 0. The van der Waals surface area contributed by atoms with Gasteiger partial charge < -0.3 is 82.1 Å². The molecule has 0 saturated carbocycles. The molecule has 0 N–H and O–H groups in total. The van der Waals surface area contributed by atoms with Gasteiger partial charge in [-0.25, -0.2) is 0 Å². The van der Waals surface area contributed by atoms with Gasteiger partial charge in [0.1, 0.15) is 0 Å². The Labute approximate surface area is 1970 Å². The van der Waals surface area contributed by atoms with E-state index in [1.165, 1.54) is 0 Å². The Morgan fingerprint density at radius 2 is 0.0174 bits per heavy atom. The molecule has 0 aromatic carbocycles. The molecule has 115 heavy (non-hydrogen) atoms. The molecule has 0 aliphatic carbocycles. The molecule has 0 heterocycles. The van der Waals surface area contributed by atoms with Gasteiger partial charge in [-0.15, -0.1) is 0 Å². The third-order valence-corrected chi connectivity index (χ3v) is 0. The fraction of sp³-hybridized carbons (Fsp3) is 0. The zero-order chi connectivity index (χ0) is 0. The van der Waals surface area contributed by atoms with Crippen molar-refractivity contribution in [1.29, 1.82) is 0 Å². The van der Waals surface area contributed by atoms with Crippen LogP contribution in [0.15, 0.2) is 0 Å². The summed E-state index contributed by atoms with van der Waals surface area (Å²) in [6.45, 7) is 0. The van der Waals surface area contributed by atoms with Gasteiger partial charge in [0.15, 0.2) is 0 Å². The molecule has 0 radical (unpaired) electrons. The molecule has 0 saturated heterocycles. The first-order chi connectivity index (χ1) is 0. The Hall–Kier alpha value is 61.7. The molecule has 0 atom stereocenters. The van der Waals surface area contributed by atoms with Gasteiger partial charge >= 0.3 is 1950 Å². The average Bonchev–Trinajstić information content (AvgIpc) is 0. The number of hydrogen-bond acceptors (Lipinski definition) is 0. The zero-order valence-corrected chi connectivity index (χ0v) is 374. The van der Waals surface area contributed by atoms with Crippen LogP contribution in [-0.2, 0) is 2030 Å². The van der Waals surface area contributed by atoms with Crippen molar-refractivity contribution in [2.45, 2.75) is 0 Å². The molecule has 0 bridgehead atoms. The van der Waals surface area contributed by atoms with Crippen LogP contribution in [0.4, 0.5) is 0 Å². The minimum absolute atomic E-state index is 0. The fourth-order valence-corrected chi connectivity index (χ4v) is 0. The average molecular weight is 6780 g/mol. The molecular formula is O15Zn100+170. The molecule has 0 aliphatic rings. The molecule has 0 fully saturated rings. The molecular weight excluding hydrogens is 6780 g/mol. The van der Waals surface area contributed by atoms with E-state index in [4.69, 9.17) is 0 Å². The standard InChI is InChI=1S/15O.100Zn/q15*-2;100*+2. The molecule has 120 valence electrons. The molecule has 0 unspecified atom stereocenters. The van der Waals surface area contributed by atoms with Crippen molar-refractivity contribution in [3.8, 4) is 0 Å². The van der Waals surface area contributed by atoms with Gasteiger partial charge in [0.05, 0.1) is 0 Å². The van der Waals surface area contributed by atoms with Crippen LogP contribution < -0.4 is 0 Å². The Morgan fingerprint density at radius 3 is 0.0174 bits per heavy atom. The van der Waals surface area contributed by atoms with Gasteiger partial charge in [0.2, 0.25) is 0 Å². The van der Waals surface area contributed by atoms with E-state index in [0.29, 0.717) is 0 Å². The van der Waals surface area contributed by atoms with Crippen molar-refractivity contribution < 1.29 is 2030 Å². The Balaban J connectivity index is 0. The maximum atomic E-state index is 0. The van der Waals surface area contributed by atoms with Crippen molar-refractivity contribution in [3.63, 3.8) is 0 Å². The minimum Gasteiger partial charge on any atom is -2.00 e. The van der Waals surface area contributed by atoms with Crippen LogP contribution in [0, 0.1) is 0 Å². The third kappa shape index (κ3) is 1390. The van der Waals surface area contributed by atoms with E-state index in [1.54, 1.807) is 0 Å². The summed E-state index contributed by atoms with van der Waals surface area (Å²) in [7, 11) is 0. The molecule has 0 spiro atoms. The van der Waals surface area contributed by atoms with E-state index in [-0.39, 0.29) is 2030 Å². The number of rotatable bonds is 0. The SMILES string of the molecule is [O-2].[O-2].[O-2].[O-2].[O-2].[O-2].[O-2].[O-2].[O-2].[O-2].[O-2].[O-2].[O-2].[O-2].[O-2].[Zn+2].[Zn+2].[Zn+2].[Zn+2].[Zn+2].[Zn+2].[Zn+2].[Zn+2].[Zn+2].[Zn+2].[Zn+2].[Zn+2].[Zn+2].[Zn+2].[Zn+2].[Zn+2].[Zn+2].[Zn+2].[Zn+2].[Zn+2].[Zn+2].[Zn+2].[Zn+2].[Zn+2].[Zn+2].[Zn+2].[Zn+2].[Zn+2].[Zn+2].[Zn+2].[Zn+2].[Zn+2].[Zn+2].[Zn+2].[Zn+2].[Zn+2].[Zn+2].[Zn+2].[Zn+2].[Zn+2].[Zn+2].[Zn+2].[Zn+2].[Zn+2].[Zn+2].[Zn+2].[Zn+2].[Zn+2].[Zn+2].[Zn+2].[Zn+2].[Zn+2].[Zn+2].[Zn+2].[Zn+2].[Zn+2].[Zn+2].[Zn+2].[Zn+2].[Zn+2].[Zn+2].[Zn+2].[Zn+2].[Zn+2].[Zn+2].[Zn+2].[Zn+2].[Zn+2].[Zn+2].[Zn+2].[Zn+2].[Zn+2].[Zn+2].[Zn+2].[Zn+2].[Zn+2].[Zn+2].[Zn+2].[Zn+2].[Zn+2].[Zn+2].[Zn+2].[Zn+2].[Zn+2].[Zn+2].[Zn+2].[Zn+2].[Zn+2].[Zn+2].[Zn+2].[Zn+2].[Zn+2].[Zn+2].[Zn+2].[Zn+2].[Zn+2].[Zn+2].[Zn+2].[Zn+2].[Zn+2]. The maximum Gasteiger partial charge on any atom is 2.00 e. The Morgan fingerprint density at radius 1 is 0.0174 bits per heavy atom. The molecule has 0 amide bonds. The first kappa shape index (κ1) is 1430. The monoisotopic (exact) mass is 6630 g/mol. The van der Waals surface area contributed by atoms with Crippen molar-refractivity contribution in [1.82, 2.24) is 0 Å². The Bertz CT molecular complexity index is 64.2. The predicted octanol–water partition coefficient (Wildman–Crippen LogP) is -2.03. The van der Waals surface area contributed by atoms with E-state index in [1.807, 2.05) is 0 Å². The quantitative estimate of drug-likeness (QED) is 0.237. The number of hydrogen-bond donors (Lipinski definition) is 0. The van der Waals surface area contributed by atoms with Crippen LogP contribution in [0.3, 0.4) is 0 Å². The van der Waals surface area contributed by atoms with Gasteiger partial charge in [-0.2, -0.15) is 0 Å². The Kier molecular flexibility index (Phi) is 17500.